The van der Waals surface area contributed by atoms with Crippen molar-refractivity contribution >= 4 is 16.9 Å². The number of nitrogen functional groups attached to an aromatic ring is 1. The highest BCUT2D eigenvalue weighted by atomic mass is 16.5. The van der Waals surface area contributed by atoms with Crippen LogP contribution in [-0.2, 0) is 0 Å². The summed E-state index contributed by atoms with van der Waals surface area (Å²) in [6.07, 6.45) is 2.43. The first-order valence-corrected chi connectivity index (χ1v) is 8.51. The zero-order valence-corrected chi connectivity index (χ0v) is 15.1. The molecule has 9 nitrogen and oxygen atoms in total. The first-order chi connectivity index (χ1) is 13.2. The van der Waals surface area contributed by atoms with E-state index in [0.29, 0.717) is 39.9 Å². The van der Waals surface area contributed by atoms with E-state index in [1.54, 1.807) is 26.4 Å². The van der Waals surface area contributed by atoms with Gasteiger partial charge in [0.15, 0.2) is 5.65 Å². The second-order valence-electron chi connectivity index (χ2n) is 6.09. The van der Waals surface area contributed by atoms with E-state index >= 15 is 0 Å². The lowest BCUT2D eigenvalue weighted by Crippen LogP contribution is -2.15. The highest BCUT2D eigenvalue weighted by Gasteiger charge is 2.23. The summed E-state index contributed by atoms with van der Waals surface area (Å²) in [6.45, 7) is 1.79. The van der Waals surface area contributed by atoms with Crippen LogP contribution in [0.25, 0.3) is 11.0 Å². The summed E-state index contributed by atoms with van der Waals surface area (Å²) in [7, 11) is 3.09. The van der Waals surface area contributed by atoms with Crippen LogP contribution in [0.2, 0.25) is 0 Å². The molecule has 3 aromatic rings. The van der Waals surface area contributed by atoms with Gasteiger partial charge in [-0.25, -0.2) is 14.6 Å². The number of nitrogens with zero attached hydrogens (tertiary/aromatic N) is 5. The topological polar surface area (TPSA) is 113 Å². The first-order valence-electron chi connectivity index (χ1n) is 8.51. The van der Waals surface area contributed by atoms with Gasteiger partial charge >= 0.3 is 0 Å². The predicted molar refractivity (Wildman–Crippen MR) is 99.6 cm³/mol. The van der Waals surface area contributed by atoms with Gasteiger partial charge in [0.25, 0.3) is 0 Å². The molecule has 0 radical (unpaired) electrons. The predicted octanol–water partition coefficient (Wildman–Crippen LogP) is 0.755. The number of fused-ring (bicyclic) bond motifs is 1. The number of nitrogens with one attached hydrogen (secondary N) is 1. The standard InChI is InChI=1S/C18H19N7O2/c1-26-14-7-11(8-15(23-14)27-2)3-4-13-16-17(19)21-10-22-18(16)25(24-13)12-5-6-20-9-12/h7-8,10,12,20H,5-6,9H2,1-2H3,(H2,19,21,22). The highest BCUT2D eigenvalue weighted by molar-refractivity contribution is 5.90. The van der Waals surface area contributed by atoms with E-state index in [-0.39, 0.29) is 6.04 Å². The van der Waals surface area contributed by atoms with Crippen LogP contribution < -0.4 is 20.5 Å². The van der Waals surface area contributed by atoms with E-state index in [4.69, 9.17) is 15.2 Å². The summed E-state index contributed by atoms with van der Waals surface area (Å²) in [5.74, 6) is 7.39. The molecule has 0 aliphatic carbocycles. The van der Waals surface area contributed by atoms with Gasteiger partial charge in [-0.1, -0.05) is 5.92 Å². The van der Waals surface area contributed by atoms with Crippen molar-refractivity contribution < 1.29 is 9.47 Å². The molecule has 0 spiro atoms. The van der Waals surface area contributed by atoms with Crippen molar-refractivity contribution in [1.29, 1.82) is 0 Å². The van der Waals surface area contributed by atoms with E-state index in [1.165, 1.54) is 6.33 Å². The molecule has 27 heavy (non-hydrogen) atoms. The number of aromatic nitrogens is 5. The van der Waals surface area contributed by atoms with Crippen molar-refractivity contribution in [3.63, 3.8) is 0 Å². The second kappa shape index (κ2) is 7.09. The lowest BCUT2D eigenvalue weighted by molar-refractivity contribution is 0.364. The molecule has 1 unspecified atom stereocenters. The molecule has 1 aliphatic heterocycles. The zero-order chi connectivity index (χ0) is 18.8. The molecule has 1 fully saturated rings. The molecule has 9 heteroatoms. The molecule has 0 amide bonds. The van der Waals surface area contributed by atoms with Crippen LogP contribution >= 0.6 is 0 Å². The molecule has 0 aromatic carbocycles. The third kappa shape index (κ3) is 3.22. The van der Waals surface area contributed by atoms with Crippen LogP contribution in [0, 0.1) is 11.8 Å². The van der Waals surface area contributed by atoms with Crippen molar-refractivity contribution in [1.82, 2.24) is 30.0 Å². The largest absolute Gasteiger partial charge is 0.481 e. The summed E-state index contributed by atoms with van der Waals surface area (Å²) in [5.41, 5.74) is 8.03. The molecule has 1 saturated heterocycles. The van der Waals surface area contributed by atoms with Crippen molar-refractivity contribution in [3.05, 3.63) is 29.7 Å². The number of methoxy groups -OCH3 is 2. The maximum Gasteiger partial charge on any atom is 0.217 e. The molecular formula is C18H19N7O2. The van der Waals surface area contributed by atoms with Gasteiger partial charge in [-0.3, -0.25) is 0 Å². The van der Waals surface area contributed by atoms with E-state index < -0.39 is 0 Å². The Labute approximate surface area is 155 Å². The Morgan fingerprint density at radius 1 is 1.19 bits per heavy atom. The molecule has 1 aliphatic rings. The van der Waals surface area contributed by atoms with Crippen LogP contribution in [0.5, 0.6) is 11.8 Å². The fourth-order valence-corrected chi connectivity index (χ4v) is 3.08. The summed E-state index contributed by atoms with van der Waals surface area (Å²) in [5, 5.41) is 8.68. The van der Waals surface area contributed by atoms with Gasteiger partial charge in [0.05, 0.1) is 25.6 Å². The maximum absolute atomic E-state index is 6.09. The fraction of sp³-hybridized carbons (Fsp3) is 0.333. The Hall–Kier alpha value is -3.38. The average molecular weight is 365 g/mol. The van der Waals surface area contributed by atoms with Gasteiger partial charge in [-0.2, -0.15) is 10.1 Å². The van der Waals surface area contributed by atoms with Gasteiger partial charge in [-0.05, 0) is 18.9 Å². The first kappa shape index (κ1) is 17.1. The number of hydrogen-bond acceptors (Lipinski definition) is 8. The van der Waals surface area contributed by atoms with Crippen molar-refractivity contribution in [3.8, 4) is 23.6 Å². The van der Waals surface area contributed by atoms with Crippen molar-refractivity contribution in [2.75, 3.05) is 33.0 Å². The number of nitrogens with two attached hydrogens (primary N) is 1. The minimum absolute atomic E-state index is 0.221. The smallest absolute Gasteiger partial charge is 0.217 e. The van der Waals surface area contributed by atoms with Gasteiger partial charge in [-0.15, -0.1) is 0 Å². The molecule has 3 aromatic heterocycles. The molecule has 4 rings (SSSR count). The average Bonchev–Trinajstić information content (AvgIpc) is 3.34. The molecule has 1 atom stereocenters. The number of anilines is 1. The van der Waals surface area contributed by atoms with E-state index in [0.717, 1.165) is 19.5 Å². The van der Waals surface area contributed by atoms with E-state index in [9.17, 15) is 0 Å². The third-order valence-corrected chi connectivity index (χ3v) is 4.42. The Balaban J connectivity index is 1.80. The van der Waals surface area contributed by atoms with Crippen LogP contribution in [-0.4, -0.2) is 52.0 Å². The van der Waals surface area contributed by atoms with Crippen molar-refractivity contribution in [2.45, 2.75) is 12.5 Å². The molecule has 0 bridgehead atoms. The highest BCUT2D eigenvalue weighted by Crippen LogP contribution is 2.26. The fourth-order valence-electron chi connectivity index (χ4n) is 3.08. The van der Waals surface area contributed by atoms with E-state index in [2.05, 4.69) is 37.2 Å². The normalized spacial score (nSPS) is 16.1. The SMILES string of the molecule is COc1cc(C#Cc2nn(C3CCNC3)c3ncnc(N)c23)cc(OC)n1. The summed E-state index contributed by atoms with van der Waals surface area (Å²) in [4.78, 5) is 12.6. The van der Waals surface area contributed by atoms with Crippen LogP contribution in [0.4, 0.5) is 5.82 Å². The number of hydrogen-bond donors (Lipinski definition) is 2. The molecule has 4 heterocycles. The lowest BCUT2D eigenvalue weighted by atomic mass is 10.2. The van der Waals surface area contributed by atoms with Gasteiger partial charge in [0.1, 0.15) is 17.8 Å². The zero-order valence-electron chi connectivity index (χ0n) is 15.1. The summed E-state index contributed by atoms with van der Waals surface area (Å²) < 4.78 is 12.3. The second-order valence-corrected chi connectivity index (χ2v) is 6.09. The maximum atomic E-state index is 6.09. The van der Waals surface area contributed by atoms with Crippen LogP contribution in [0.1, 0.15) is 23.7 Å². The number of rotatable bonds is 3. The minimum Gasteiger partial charge on any atom is -0.481 e. The number of pyridine rings is 1. The van der Waals surface area contributed by atoms with Gasteiger partial charge in [0, 0.05) is 24.2 Å². The Kier molecular flexibility index (Phi) is 4.48. The quantitative estimate of drug-likeness (QED) is 0.654. The molecule has 138 valence electrons. The lowest BCUT2D eigenvalue weighted by Gasteiger charge is -2.09. The van der Waals surface area contributed by atoms with Gasteiger partial charge in [0.2, 0.25) is 11.8 Å². The van der Waals surface area contributed by atoms with Gasteiger partial charge < -0.3 is 20.5 Å². The summed E-state index contributed by atoms with van der Waals surface area (Å²) >= 11 is 0. The Bertz CT molecular complexity index is 1020. The van der Waals surface area contributed by atoms with Crippen LogP contribution in [0.15, 0.2) is 18.5 Å². The van der Waals surface area contributed by atoms with Crippen LogP contribution in [0.3, 0.4) is 0 Å². The Morgan fingerprint density at radius 3 is 2.63 bits per heavy atom. The minimum atomic E-state index is 0.221. The summed E-state index contributed by atoms with van der Waals surface area (Å²) in [6, 6.07) is 3.68. The Morgan fingerprint density at radius 2 is 1.96 bits per heavy atom. The molecule has 3 N–H and O–H groups in total. The van der Waals surface area contributed by atoms with Crippen molar-refractivity contribution in [2.24, 2.45) is 0 Å². The number of ether oxygens (including phenoxy) is 2. The molecular weight excluding hydrogens is 346 g/mol. The third-order valence-electron chi connectivity index (χ3n) is 4.42. The molecule has 0 saturated carbocycles. The monoisotopic (exact) mass is 365 g/mol. The van der Waals surface area contributed by atoms with E-state index in [1.807, 2.05) is 4.68 Å².